The molecule has 10 nitrogen and oxygen atoms in total. The second-order valence-corrected chi connectivity index (χ2v) is 18.7. The molecule has 0 radical (unpaired) electrons. The van der Waals surface area contributed by atoms with Crippen LogP contribution in [0.5, 0.6) is 0 Å². The second kappa shape index (κ2) is 47.1. The highest BCUT2D eigenvalue weighted by molar-refractivity contribution is 5.70. The molecule has 0 aliphatic carbocycles. The fourth-order valence-corrected chi connectivity index (χ4v) is 8.06. The van der Waals surface area contributed by atoms with E-state index in [1.165, 1.54) is 141 Å². The quantitative estimate of drug-likeness (QED) is 0.0264. The van der Waals surface area contributed by atoms with Crippen LogP contribution in [0, 0.1) is 0 Å². The maximum atomic E-state index is 12.8. The number of unbranched alkanes of at least 4 members (excludes halogenated alkanes) is 25. The Balaban J connectivity index is 2.27. The van der Waals surface area contributed by atoms with Crippen molar-refractivity contribution in [2.75, 3.05) is 19.8 Å². The number of hydrogen-bond acceptors (Lipinski definition) is 10. The van der Waals surface area contributed by atoms with E-state index in [0.29, 0.717) is 12.8 Å². The molecule has 0 saturated carbocycles. The van der Waals surface area contributed by atoms with Gasteiger partial charge >= 0.3 is 11.9 Å². The van der Waals surface area contributed by atoms with Gasteiger partial charge in [0.2, 0.25) is 0 Å². The molecule has 1 aliphatic heterocycles. The highest BCUT2D eigenvalue weighted by atomic mass is 16.7. The van der Waals surface area contributed by atoms with E-state index in [2.05, 4.69) is 74.6 Å². The maximum Gasteiger partial charge on any atom is 0.306 e. The zero-order valence-electron chi connectivity index (χ0n) is 42.6. The van der Waals surface area contributed by atoms with E-state index in [9.17, 15) is 30.0 Å². The highest BCUT2D eigenvalue weighted by Gasteiger charge is 2.44. The summed E-state index contributed by atoms with van der Waals surface area (Å²) in [5.41, 5.74) is 0. The van der Waals surface area contributed by atoms with Gasteiger partial charge in [-0.05, 0) is 77.0 Å². The highest BCUT2D eigenvalue weighted by Crippen LogP contribution is 2.23. The maximum absolute atomic E-state index is 12.8. The van der Waals surface area contributed by atoms with Gasteiger partial charge in [-0.25, -0.2) is 0 Å². The van der Waals surface area contributed by atoms with Crippen LogP contribution in [-0.2, 0) is 28.5 Å². The minimum atomic E-state index is -1.61. The van der Waals surface area contributed by atoms with Gasteiger partial charge in [-0.2, -0.15) is 0 Å². The van der Waals surface area contributed by atoms with E-state index in [4.69, 9.17) is 18.9 Å². The van der Waals surface area contributed by atoms with Gasteiger partial charge in [-0.15, -0.1) is 0 Å². The largest absolute Gasteiger partial charge is 0.462 e. The molecular formula is C57H100O10. The molecule has 1 aliphatic rings. The first-order chi connectivity index (χ1) is 32.8. The smallest absolute Gasteiger partial charge is 0.306 e. The normalized spacial score (nSPS) is 19.5. The number of esters is 2. The molecule has 1 fully saturated rings. The number of allylic oxidation sites excluding steroid dienone is 10. The first-order valence-electron chi connectivity index (χ1n) is 27.4. The first kappa shape index (κ1) is 62.4. The van der Waals surface area contributed by atoms with Gasteiger partial charge in [0.25, 0.3) is 0 Å². The number of carbonyl (C=O) groups excluding carboxylic acids is 2. The third-order valence-electron chi connectivity index (χ3n) is 12.4. The molecule has 1 saturated heterocycles. The molecule has 0 amide bonds. The molecule has 0 aromatic carbocycles. The Labute approximate surface area is 409 Å². The van der Waals surface area contributed by atoms with Gasteiger partial charge in [0, 0.05) is 12.8 Å². The van der Waals surface area contributed by atoms with Crippen molar-refractivity contribution < 1.29 is 49.0 Å². The van der Waals surface area contributed by atoms with Crippen molar-refractivity contribution in [3.8, 4) is 0 Å². The number of rotatable bonds is 46. The van der Waals surface area contributed by atoms with Crippen molar-refractivity contribution >= 4 is 11.9 Å². The van der Waals surface area contributed by atoms with Crippen molar-refractivity contribution in [2.24, 2.45) is 0 Å². The lowest BCUT2D eigenvalue weighted by atomic mass is 9.99. The first-order valence-corrected chi connectivity index (χ1v) is 27.4. The Kier molecular flexibility index (Phi) is 43.9. The number of aliphatic hydroxyl groups is 4. The molecule has 1 rings (SSSR count). The summed E-state index contributed by atoms with van der Waals surface area (Å²) < 4.78 is 22.2. The molecule has 1 heterocycles. The summed E-state index contributed by atoms with van der Waals surface area (Å²) in [7, 11) is 0. The van der Waals surface area contributed by atoms with E-state index < -0.39 is 55.4 Å². The Hall–Kier alpha value is -2.60. The average molecular weight is 945 g/mol. The Bertz CT molecular complexity index is 1280. The van der Waals surface area contributed by atoms with Gasteiger partial charge in [0.15, 0.2) is 12.4 Å². The summed E-state index contributed by atoms with van der Waals surface area (Å²) in [4.78, 5) is 25.5. The summed E-state index contributed by atoms with van der Waals surface area (Å²) in [6, 6.07) is 0. The van der Waals surface area contributed by atoms with Crippen LogP contribution >= 0.6 is 0 Å². The van der Waals surface area contributed by atoms with Crippen LogP contribution in [0.2, 0.25) is 0 Å². The summed E-state index contributed by atoms with van der Waals surface area (Å²) in [6.07, 6.45) is 52.4. The number of ether oxygens (including phenoxy) is 4. The van der Waals surface area contributed by atoms with Gasteiger partial charge < -0.3 is 39.4 Å². The monoisotopic (exact) mass is 945 g/mol. The minimum absolute atomic E-state index is 0.185. The van der Waals surface area contributed by atoms with Crippen LogP contribution in [0.1, 0.15) is 232 Å². The molecule has 2 unspecified atom stereocenters. The fraction of sp³-hybridized carbons (Fsp3) is 0.789. The molecule has 10 heteroatoms. The van der Waals surface area contributed by atoms with Gasteiger partial charge in [0.05, 0.1) is 13.2 Å². The Morgan fingerprint density at radius 2 is 0.851 bits per heavy atom. The van der Waals surface area contributed by atoms with Gasteiger partial charge in [-0.1, -0.05) is 203 Å². The molecule has 67 heavy (non-hydrogen) atoms. The average Bonchev–Trinajstić information content (AvgIpc) is 3.33. The van der Waals surface area contributed by atoms with Crippen LogP contribution in [0.15, 0.2) is 60.8 Å². The van der Waals surface area contributed by atoms with E-state index in [1.807, 2.05) is 0 Å². The third kappa shape index (κ3) is 37.9. The van der Waals surface area contributed by atoms with Crippen LogP contribution in [0.4, 0.5) is 0 Å². The van der Waals surface area contributed by atoms with E-state index in [1.54, 1.807) is 0 Å². The van der Waals surface area contributed by atoms with Crippen LogP contribution in [-0.4, -0.2) is 89.0 Å². The molecule has 6 atom stereocenters. The topological polar surface area (TPSA) is 152 Å². The van der Waals surface area contributed by atoms with E-state index in [0.717, 1.165) is 51.4 Å². The lowest BCUT2D eigenvalue weighted by molar-refractivity contribution is -0.305. The van der Waals surface area contributed by atoms with Crippen molar-refractivity contribution in [1.29, 1.82) is 0 Å². The number of hydrogen-bond donors (Lipinski definition) is 4. The second-order valence-electron chi connectivity index (χ2n) is 18.7. The minimum Gasteiger partial charge on any atom is -0.462 e. The Morgan fingerprint density at radius 3 is 1.34 bits per heavy atom. The predicted molar refractivity (Wildman–Crippen MR) is 275 cm³/mol. The summed E-state index contributed by atoms with van der Waals surface area (Å²) in [5, 5.41) is 40.2. The molecule has 0 aromatic rings. The molecule has 0 spiro atoms. The van der Waals surface area contributed by atoms with Crippen LogP contribution in [0.3, 0.4) is 0 Å². The fourth-order valence-electron chi connectivity index (χ4n) is 8.06. The zero-order chi connectivity index (χ0) is 48.7. The SMILES string of the molecule is CCCCC/C=C/C/C=C/C/C=C/C/C=C/CCCCCC(=O)O[C@@H](COC(=O)CCC/C=C/CCCCCCCCCCCCCCCCCCCC)CO[C@H]1O[C@@H](CO)[C@@H](O)C(O)C1O. The lowest BCUT2D eigenvalue weighted by Crippen LogP contribution is -2.59. The number of aliphatic hydroxyl groups excluding tert-OH is 4. The molecule has 4 N–H and O–H groups in total. The van der Waals surface area contributed by atoms with E-state index >= 15 is 0 Å². The number of carbonyl (C=O) groups is 2. The van der Waals surface area contributed by atoms with Gasteiger partial charge in [0.1, 0.15) is 31.0 Å². The van der Waals surface area contributed by atoms with Crippen LogP contribution in [0.25, 0.3) is 0 Å². The zero-order valence-corrected chi connectivity index (χ0v) is 42.6. The summed E-state index contributed by atoms with van der Waals surface area (Å²) in [6.45, 7) is 3.36. The van der Waals surface area contributed by atoms with Crippen molar-refractivity contribution in [3.63, 3.8) is 0 Å². The predicted octanol–water partition coefficient (Wildman–Crippen LogP) is 13.3. The molecule has 388 valence electrons. The van der Waals surface area contributed by atoms with Crippen molar-refractivity contribution in [2.45, 2.75) is 269 Å². The van der Waals surface area contributed by atoms with E-state index in [-0.39, 0.29) is 26.1 Å². The lowest BCUT2D eigenvalue weighted by Gasteiger charge is -2.39. The van der Waals surface area contributed by atoms with Crippen LogP contribution < -0.4 is 0 Å². The third-order valence-corrected chi connectivity index (χ3v) is 12.4. The van der Waals surface area contributed by atoms with Gasteiger partial charge in [-0.3, -0.25) is 9.59 Å². The molecule has 0 bridgehead atoms. The summed E-state index contributed by atoms with van der Waals surface area (Å²) in [5.74, 6) is -0.876. The van der Waals surface area contributed by atoms with Crippen molar-refractivity contribution in [1.82, 2.24) is 0 Å². The Morgan fingerprint density at radius 1 is 0.463 bits per heavy atom. The van der Waals surface area contributed by atoms with Crippen molar-refractivity contribution in [3.05, 3.63) is 60.8 Å². The summed E-state index contributed by atoms with van der Waals surface area (Å²) >= 11 is 0. The molecular weight excluding hydrogens is 845 g/mol. The standard InChI is InChI=1S/C57H100O10/c1-3-5-7-9-11-13-15-17-19-21-23-24-25-26-28-29-31-33-35-37-39-41-43-45-52(59)64-48-50(49-65-57-56(63)55(62)54(61)51(47-58)67-57)66-53(60)46-44-42-40-38-36-34-32-30-27-22-20-18-16-14-12-10-8-6-4-2/h12,14,18,20,27,30,34,36-37,39,50-51,54-58,61-63H,3-11,13,15-17,19,21-26,28-29,31-33,35,38,40-49H2,1-2H3/b14-12+,20-18+,30-27+,36-34+,39-37+/t50-,51-,54+,55?,56?,57-/m0/s1. The molecule has 0 aromatic heterocycles.